The molecule has 1 aliphatic rings. The third kappa shape index (κ3) is 2.65. The molecule has 2 amide bonds. The van der Waals surface area contributed by atoms with Gasteiger partial charge < -0.3 is 4.74 Å². The van der Waals surface area contributed by atoms with E-state index in [9.17, 15) is 9.59 Å². The number of amides is 2. The normalized spacial score (nSPS) is 13.6. The predicted octanol–water partition coefficient (Wildman–Crippen LogP) is 4.34. The maximum atomic E-state index is 12.6. The van der Waals surface area contributed by atoms with Gasteiger partial charge in [-0.3, -0.25) is 9.59 Å². The third-order valence-corrected chi connectivity index (χ3v) is 4.98. The lowest BCUT2D eigenvalue weighted by Crippen LogP contribution is -2.29. The van der Waals surface area contributed by atoms with Crippen molar-refractivity contribution in [3.63, 3.8) is 0 Å². The number of benzene rings is 1. The summed E-state index contributed by atoms with van der Waals surface area (Å²) in [5, 5.41) is 0. The molecule has 0 saturated carbocycles. The molecule has 23 heavy (non-hydrogen) atoms. The lowest BCUT2D eigenvalue weighted by Gasteiger charge is -2.15. The van der Waals surface area contributed by atoms with Gasteiger partial charge in [0.15, 0.2) is 0 Å². The second-order valence-electron chi connectivity index (χ2n) is 5.61. The van der Waals surface area contributed by atoms with Crippen molar-refractivity contribution in [2.24, 2.45) is 0 Å². The number of anilines is 1. The number of ether oxygens (including phenoxy) is 1. The van der Waals surface area contributed by atoms with Crippen LogP contribution in [-0.4, -0.2) is 18.4 Å². The molecule has 4 nitrogen and oxygen atoms in total. The SMILES string of the molecule is CCCCOc1ccc(N2C(=O)c3c(C)sc(C)c3C2=O)cc1. The van der Waals surface area contributed by atoms with Gasteiger partial charge in [-0.05, 0) is 44.5 Å². The third-order valence-electron chi connectivity index (χ3n) is 3.96. The molecular formula is C18H19NO3S. The Bertz CT molecular complexity index is 725. The minimum Gasteiger partial charge on any atom is -0.494 e. The summed E-state index contributed by atoms with van der Waals surface area (Å²) in [6.07, 6.45) is 2.08. The van der Waals surface area contributed by atoms with Crippen LogP contribution in [0, 0.1) is 13.8 Å². The molecule has 0 atom stereocenters. The highest BCUT2D eigenvalue weighted by Gasteiger charge is 2.40. The van der Waals surface area contributed by atoms with Crippen LogP contribution in [0.15, 0.2) is 24.3 Å². The van der Waals surface area contributed by atoms with Crippen molar-refractivity contribution in [2.75, 3.05) is 11.5 Å². The van der Waals surface area contributed by atoms with Crippen LogP contribution in [0.4, 0.5) is 5.69 Å². The van der Waals surface area contributed by atoms with Gasteiger partial charge in [-0.15, -0.1) is 11.3 Å². The molecule has 1 aromatic heterocycles. The van der Waals surface area contributed by atoms with Crippen LogP contribution in [0.2, 0.25) is 0 Å². The summed E-state index contributed by atoms with van der Waals surface area (Å²) in [5.74, 6) is 0.292. The highest BCUT2D eigenvalue weighted by atomic mass is 32.1. The molecule has 0 unspecified atom stereocenters. The van der Waals surface area contributed by atoms with Crippen molar-refractivity contribution in [3.8, 4) is 5.75 Å². The Labute approximate surface area is 139 Å². The van der Waals surface area contributed by atoms with E-state index in [1.165, 1.54) is 16.2 Å². The van der Waals surface area contributed by atoms with E-state index < -0.39 is 0 Å². The molecule has 3 rings (SSSR count). The first kappa shape index (κ1) is 15.7. The quantitative estimate of drug-likeness (QED) is 0.605. The van der Waals surface area contributed by atoms with E-state index in [2.05, 4.69) is 6.92 Å². The van der Waals surface area contributed by atoms with Crippen LogP contribution in [0.25, 0.3) is 0 Å². The van der Waals surface area contributed by atoms with E-state index in [-0.39, 0.29) is 11.8 Å². The number of nitrogens with zero attached hydrogens (tertiary/aromatic N) is 1. The summed E-state index contributed by atoms with van der Waals surface area (Å²) < 4.78 is 5.62. The topological polar surface area (TPSA) is 46.6 Å². The molecule has 0 aliphatic carbocycles. The second-order valence-corrected chi connectivity index (χ2v) is 7.03. The van der Waals surface area contributed by atoms with E-state index in [1.807, 2.05) is 13.8 Å². The molecular weight excluding hydrogens is 310 g/mol. The average molecular weight is 329 g/mol. The first-order valence-electron chi connectivity index (χ1n) is 7.76. The zero-order chi connectivity index (χ0) is 16.6. The van der Waals surface area contributed by atoms with Crippen molar-refractivity contribution >= 4 is 28.8 Å². The molecule has 2 heterocycles. The van der Waals surface area contributed by atoms with Gasteiger partial charge in [0.05, 0.1) is 23.4 Å². The Kier molecular flexibility index (Phi) is 4.22. The Morgan fingerprint density at radius 2 is 1.57 bits per heavy atom. The number of aryl methyl sites for hydroxylation is 2. The van der Waals surface area contributed by atoms with Crippen molar-refractivity contribution in [3.05, 3.63) is 45.1 Å². The van der Waals surface area contributed by atoms with Gasteiger partial charge >= 0.3 is 0 Å². The molecule has 0 bridgehead atoms. The number of fused-ring (bicyclic) bond motifs is 1. The fourth-order valence-electron chi connectivity index (χ4n) is 2.77. The minimum absolute atomic E-state index is 0.230. The molecule has 0 spiro atoms. The van der Waals surface area contributed by atoms with Crippen LogP contribution in [0.1, 0.15) is 50.2 Å². The Balaban J connectivity index is 1.84. The van der Waals surface area contributed by atoms with Gasteiger partial charge in [0, 0.05) is 9.75 Å². The van der Waals surface area contributed by atoms with Crippen LogP contribution in [0.3, 0.4) is 0 Å². The van der Waals surface area contributed by atoms with Gasteiger partial charge in [-0.2, -0.15) is 0 Å². The van der Waals surface area contributed by atoms with E-state index in [0.717, 1.165) is 28.3 Å². The second kappa shape index (κ2) is 6.16. The Morgan fingerprint density at radius 3 is 2.09 bits per heavy atom. The Hall–Kier alpha value is -2.14. The first-order chi connectivity index (χ1) is 11.0. The van der Waals surface area contributed by atoms with Gasteiger partial charge in [-0.25, -0.2) is 4.90 Å². The van der Waals surface area contributed by atoms with E-state index in [1.54, 1.807) is 24.3 Å². The van der Waals surface area contributed by atoms with Crippen molar-refractivity contribution in [2.45, 2.75) is 33.6 Å². The molecule has 2 aromatic rings. The first-order valence-corrected chi connectivity index (χ1v) is 8.58. The molecule has 120 valence electrons. The van der Waals surface area contributed by atoms with Gasteiger partial charge in [0.25, 0.3) is 11.8 Å². The van der Waals surface area contributed by atoms with E-state index in [4.69, 9.17) is 4.74 Å². The van der Waals surface area contributed by atoms with Crippen LogP contribution >= 0.6 is 11.3 Å². The highest BCUT2D eigenvalue weighted by Crippen LogP contribution is 2.37. The molecule has 0 saturated heterocycles. The predicted molar refractivity (Wildman–Crippen MR) is 91.8 cm³/mol. The number of imide groups is 1. The van der Waals surface area contributed by atoms with Crippen molar-refractivity contribution < 1.29 is 14.3 Å². The van der Waals surface area contributed by atoms with Gasteiger partial charge in [-0.1, -0.05) is 13.3 Å². The van der Waals surface area contributed by atoms with Gasteiger partial charge in [0.2, 0.25) is 0 Å². The molecule has 1 aromatic carbocycles. The average Bonchev–Trinajstić information content (AvgIpc) is 2.97. The largest absolute Gasteiger partial charge is 0.494 e. The molecule has 0 fully saturated rings. The summed E-state index contributed by atoms with van der Waals surface area (Å²) >= 11 is 1.50. The number of thiophene rings is 1. The molecule has 1 aliphatic heterocycles. The standard InChI is InChI=1S/C18H19NO3S/c1-4-5-10-22-14-8-6-13(7-9-14)19-17(20)15-11(2)23-12(3)16(15)18(19)21/h6-9H,4-5,10H2,1-3H3. The highest BCUT2D eigenvalue weighted by molar-refractivity contribution is 7.12. The zero-order valence-corrected chi connectivity index (χ0v) is 14.3. The summed E-state index contributed by atoms with van der Waals surface area (Å²) in [6.45, 7) is 6.55. The number of hydrogen-bond donors (Lipinski definition) is 0. The molecule has 0 N–H and O–H groups in total. The van der Waals surface area contributed by atoms with Crippen molar-refractivity contribution in [1.29, 1.82) is 0 Å². The fourth-order valence-corrected chi connectivity index (χ4v) is 3.82. The number of rotatable bonds is 5. The number of hydrogen-bond acceptors (Lipinski definition) is 4. The molecule has 0 radical (unpaired) electrons. The lowest BCUT2D eigenvalue weighted by atomic mass is 10.1. The monoisotopic (exact) mass is 329 g/mol. The van der Waals surface area contributed by atoms with Crippen LogP contribution in [-0.2, 0) is 0 Å². The van der Waals surface area contributed by atoms with Crippen LogP contribution in [0.5, 0.6) is 5.75 Å². The fraction of sp³-hybridized carbons (Fsp3) is 0.333. The van der Waals surface area contributed by atoms with Gasteiger partial charge in [0.1, 0.15) is 5.75 Å². The molecule has 5 heteroatoms. The van der Waals surface area contributed by atoms with Crippen LogP contribution < -0.4 is 9.64 Å². The maximum Gasteiger partial charge on any atom is 0.267 e. The smallest absolute Gasteiger partial charge is 0.267 e. The van der Waals surface area contributed by atoms with E-state index >= 15 is 0 Å². The number of carbonyl (C=O) groups excluding carboxylic acids is 2. The summed E-state index contributed by atoms with van der Waals surface area (Å²) in [4.78, 5) is 28.3. The van der Waals surface area contributed by atoms with E-state index in [0.29, 0.717) is 23.4 Å². The Morgan fingerprint density at radius 1 is 1.00 bits per heavy atom. The van der Waals surface area contributed by atoms with Crippen molar-refractivity contribution in [1.82, 2.24) is 0 Å². The zero-order valence-electron chi connectivity index (χ0n) is 13.5. The number of carbonyl (C=O) groups is 2. The summed E-state index contributed by atoms with van der Waals surface area (Å²) in [6, 6.07) is 7.13. The minimum atomic E-state index is -0.230. The maximum absolute atomic E-state index is 12.6. The lowest BCUT2D eigenvalue weighted by molar-refractivity contribution is 0.0926. The number of unbranched alkanes of at least 4 members (excludes halogenated alkanes) is 1. The summed E-state index contributed by atoms with van der Waals surface area (Å²) in [7, 11) is 0. The summed E-state index contributed by atoms with van der Waals surface area (Å²) in [5.41, 5.74) is 1.70.